The van der Waals surface area contributed by atoms with E-state index < -0.39 is 0 Å². The van der Waals surface area contributed by atoms with Crippen molar-refractivity contribution in [3.05, 3.63) is 59.9 Å². The van der Waals surface area contributed by atoms with Crippen molar-refractivity contribution in [3.63, 3.8) is 0 Å². The zero-order valence-corrected chi connectivity index (χ0v) is 12.9. The van der Waals surface area contributed by atoms with E-state index in [1.54, 1.807) is 0 Å². The van der Waals surface area contributed by atoms with Gasteiger partial charge in [-0.1, -0.05) is 23.8 Å². The molecule has 1 aromatic carbocycles. The van der Waals surface area contributed by atoms with E-state index >= 15 is 0 Å². The number of aryl methyl sites for hydroxylation is 1. The topological polar surface area (TPSA) is 28.2 Å². The van der Waals surface area contributed by atoms with Gasteiger partial charge in [0.25, 0.3) is 0 Å². The zero-order chi connectivity index (χ0) is 14.7. The molecule has 0 aliphatic heterocycles. The van der Waals surface area contributed by atoms with Gasteiger partial charge in [0.2, 0.25) is 0 Å². The standard InChI is InChI=1S/C17H19N3S/c1-13-5-7-14(8-6-13)19-17(21)20(16-9-10-16)12-15-4-2-3-11-18-15/h2-8,11,16H,9-10,12H2,1H3,(H,19,21). The van der Waals surface area contributed by atoms with Gasteiger partial charge in [-0.3, -0.25) is 4.98 Å². The van der Waals surface area contributed by atoms with Gasteiger partial charge in [0.05, 0.1) is 12.2 Å². The van der Waals surface area contributed by atoms with Crippen LogP contribution in [0.15, 0.2) is 48.7 Å². The van der Waals surface area contributed by atoms with Gasteiger partial charge < -0.3 is 10.2 Å². The second-order valence-electron chi connectivity index (χ2n) is 5.48. The molecule has 0 spiro atoms. The number of rotatable bonds is 4. The number of hydrogen-bond donors (Lipinski definition) is 1. The fourth-order valence-corrected chi connectivity index (χ4v) is 2.58. The third-order valence-corrected chi connectivity index (χ3v) is 3.95. The smallest absolute Gasteiger partial charge is 0.174 e. The van der Waals surface area contributed by atoms with E-state index in [0.29, 0.717) is 6.04 Å². The third-order valence-electron chi connectivity index (χ3n) is 3.61. The quantitative estimate of drug-likeness (QED) is 0.870. The Labute approximate surface area is 131 Å². The maximum Gasteiger partial charge on any atom is 0.174 e. The largest absolute Gasteiger partial charge is 0.340 e. The lowest BCUT2D eigenvalue weighted by Gasteiger charge is -2.25. The Hall–Kier alpha value is -1.94. The molecule has 1 N–H and O–H groups in total. The molecule has 3 nitrogen and oxygen atoms in total. The van der Waals surface area contributed by atoms with Gasteiger partial charge in [0, 0.05) is 17.9 Å². The van der Waals surface area contributed by atoms with E-state index in [0.717, 1.165) is 23.0 Å². The highest BCUT2D eigenvalue weighted by Gasteiger charge is 2.31. The summed E-state index contributed by atoms with van der Waals surface area (Å²) in [5, 5.41) is 4.12. The minimum absolute atomic E-state index is 0.553. The van der Waals surface area contributed by atoms with Gasteiger partial charge >= 0.3 is 0 Å². The molecule has 0 amide bonds. The van der Waals surface area contributed by atoms with Crippen LogP contribution >= 0.6 is 12.2 Å². The van der Waals surface area contributed by atoms with E-state index in [1.807, 2.05) is 24.4 Å². The van der Waals surface area contributed by atoms with E-state index in [4.69, 9.17) is 12.2 Å². The molecular formula is C17H19N3S. The van der Waals surface area contributed by atoms with Gasteiger partial charge in [0.1, 0.15) is 0 Å². The first-order valence-electron chi connectivity index (χ1n) is 7.26. The van der Waals surface area contributed by atoms with Crippen LogP contribution in [0.2, 0.25) is 0 Å². The van der Waals surface area contributed by atoms with Gasteiger partial charge in [-0.2, -0.15) is 0 Å². The average molecular weight is 297 g/mol. The number of pyridine rings is 1. The number of hydrogen-bond acceptors (Lipinski definition) is 2. The Morgan fingerprint density at radius 1 is 1.24 bits per heavy atom. The van der Waals surface area contributed by atoms with Crippen molar-refractivity contribution in [2.24, 2.45) is 0 Å². The maximum absolute atomic E-state index is 5.59. The first kappa shape index (κ1) is 14.0. The summed E-state index contributed by atoms with van der Waals surface area (Å²) in [6, 6.07) is 14.9. The van der Waals surface area contributed by atoms with Crippen molar-refractivity contribution in [1.82, 2.24) is 9.88 Å². The molecule has 1 saturated carbocycles. The van der Waals surface area contributed by atoms with Crippen LogP contribution in [0.3, 0.4) is 0 Å². The van der Waals surface area contributed by atoms with Gasteiger partial charge in [-0.05, 0) is 56.2 Å². The molecule has 1 aliphatic carbocycles. The molecule has 1 fully saturated rings. The van der Waals surface area contributed by atoms with Crippen LogP contribution in [0.25, 0.3) is 0 Å². The molecule has 1 aromatic heterocycles. The second kappa shape index (κ2) is 6.22. The molecular weight excluding hydrogens is 278 g/mol. The summed E-state index contributed by atoms with van der Waals surface area (Å²) in [7, 11) is 0. The van der Waals surface area contributed by atoms with E-state index in [1.165, 1.54) is 18.4 Å². The first-order valence-corrected chi connectivity index (χ1v) is 7.67. The summed E-state index contributed by atoms with van der Waals surface area (Å²) in [6.07, 6.45) is 4.25. The molecule has 0 atom stereocenters. The monoisotopic (exact) mass is 297 g/mol. The van der Waals surface area contributed by atoms with Crippen LogP contribution < -0.4 is 5.32 Å². The Morgan fingerprint density at radius 3 is 2.62 bits per heavy atom. The molecule has 0 saturated heterocycles. The summed E-state index contributed by atoms with van der Waals surface area (Å²) in [5.74, 6) is 0. The Bertz CT molecular complexity index is 606. The van der Waals surface area contributed by atoms with E-state index in [-0.39, 0.29) is 0 Å². The Morgan fingerprint density at radius 2 is 2.00 bits per heavy atom. The predicted octanol–water partition coefficient (Wildman–Crippen LogP) is 3.75. The van der Waals surface area contributed by atoms with Crippen LogP contribution in [-0.2, 0) is 6.54 Å². The highest BCUT2D eigenvalue weighted by atomic mass is 32.1. The van der Waals surface area contributed by atoms with Gasteiger partial charge in [0.15, 0.2) is 5.11 Å². The maximum atomic E-state index is 5.59. The second-order valence-corrected chi connectivity index (χ2v) is 5.86. The lowest BCUT2D eigenvalue weighted by molar-refractivity contribution is 0.404. The van der Waals surface area contributed by atoms with E-state index in [9.17, 15) is 0 Å². The van der Waals surface area contributed by atoms with Crippen molar-refractivity contribution < 1.29 is 0 Å². The molecule has 21 heavy (non-hydrogen) atoms. The van der Waals surface area contributed by atoms with Crippen molar-refractivity contribution in [2.75, 3.05) is 5.32 Å². The number of benzene rings is 1. The summed E-state index contributed by atoms with van der Waals surface area (Å²) >= 11 is 5.59. The van der Waals surface area contributed by atoms with Crippen molar-refractivity contribution >= 4 is 23.0 Å². The van der Waals surface area contributed by atoms with Crippen molar-refractivity contribution in [2.45, 2.75) is 32.4 Å². The minimum atomic E-state index is 0.553. The number of aromatic nitrogens is 1. The lowest BCUT2D eigenvalue weighted by Crippen LogP contribution is -2.36. The summed E-state index contributed by atoms with van der Waals surface area (Å²) in [6.45, 7) is 2.85. The highest BCUT2D eigenvalue weighted by molar-refractivity contribution is 7.80. The molecule has 1 heterocycles. The Kier molecular flexibility index (Phi) is 4.15. The predicted molar refractivity (Wildman–Crippen MR) is 90.2 cm³/mol. The fraction of sp³-hybridized carbons (Fsp3) is 0.294. The number of anilines is 1. The molecule has 0 unspecified atom stereocenters. The van der Waals surface area contributed by atoms with Crippen molar-refractivity contribution in [3.8, 4) is 0 Å². The fourth-order valence-electron chi connectivity index (χ4n) is 2.25. The van der Waals surface area contributed by atoms with Crippen molar-refractivity contribution in [1.29, 1.82) is 0 Å². The normalized spacial score (nSPS) is 13.8. The molecule has 0 radical (unpaired) electrons. The molecule has 108 valence electrons. The highest BCUT2D eigenvalue weighted by Crippen LogP contribution is 2.29. The SMILES string of the molecule is Cc1ccc(NC(=S)N(Cc2ccccn2)C2CC2)cc1. The number of nitrogens with one attached hydrogen (secondary N) is 1. The van der Waals surface area contributed by atoms with Gasteiger partial charge in [-0.15, -0.1) is 0 Å². The molecule has 3 rings (SSSR count). The minimum Gasteiger partial charge on any atom is -0.340 e. The summed E-state index contributed by atoms with van der Waals surface area (Å²) in [5.41, 5.74) is 3.34. The molecule has 4 heteroatoms. The van der Waals surface area contributed by atoms with Crippen LogP contribution in [-0.4, -0.2) is 21.0 Å². The lowest BCUT2D eigenvalue weighted by atomic mass is 10.2. The summed E-state index contributed by atoms with van der Waals surface area (Å²) in [4.78, 5) is 6.65. The first-order chi connectivity index (χ1) is 10.2. The average Bonchev–Trinajstić information content (AvgIpc) is 3.33. The van der Waals surface area contributed by atoms with Gasteiger partial charge in [-0.25, -0.2) is 0 Å². The molecule has 1 aliphatic rings. The van der Waals surface area contributed by atoms with E-state index in [2.05, 4.69) is 46.4 Å². The van der Waals surface area contributed by atoms with Crippen LogP contribution in [0.5, 0.6) is 0 Å². The van der Waals surface area contributed by atoms with Crippen LogP contribution in [0.4, 0.5) is 5.69 Å². The zero-order valence-electron chi connectivity index (χ0n) is 12.1. The molecule has 2 aromatic rings. The Balaban J connectivity index is 1.69. The van der Waals surface area contributed by atoms with Crippen LogP contribution in [0.1, 0.15) is 24.1 Å². The number of thiocarbonyl (C=S) groups is 1. The molecule has 0 bridgehead atoms. The number of nitrogens with zero attached hydrogens (tertiary/aromatic N) is 2. The third kappa shape index (κ3) is 3.79. The van der Waals surface area contributed by atoms with Crippen LogP contribution in [0, 0.1) is 6.92 Å². The summed E-state index contributed by atoms with van der Waals surface area (Å²) < 4.78 is 0.